The highest BCUT2D eigenvalue weighted by Crippen LogP contribution is 2.22. The van der Waals surface area contributed by atoms with Crippen LogP contribution in [-0.4, -0.2) is 9.97 Å². The van der Waals surface area contributed by atoms with Gasteiger partial charge in [0.1, 0.15) is 12.1 Å². The van der Waals surface area contributed by atoms with E-state index in [1.54, 1.807) is 12.5 Å². The van der Waals surface area contributed by atoms with Crippen molar-refractivity contribution in [2.45, 2.75) is 13.8 Å². The van der Waals surface area contributed by atoms with Crippen molar-refractivity contribution in [2.75, 3.05) is 5.32 Å². The summed E-state index contributed by atoms with van der Waals surface area (Å²) < 4.78 is 1.01. The Morgan fingerprint density at radius 3 is 2.75 bits per heavy atom. The van der Waals surface area contributed by atoms with Crippen molar-refractivity contribution in [1.29, 1.82) is 0 Å². The van der Waals surface area contributed by atoms with Crippen LogP contribution >= 0.6 is 22.6 Å². The average Bonchev–Trinajstić information content (AvgIpc) is 2.25. The molecule has 0 amide bonds. The molecular weight excluding hydrogens is 313 g/mol. The van der Waals surface area contributed by atoms with Crippen molar-refractivity contribution in [2.24, 2.45) is 0 Å². The number of hydrogen-bond donors (Lipinski definition) is 1. The lowest BCUT2D eigenvalue weighted by Crippen LogP contribution is -1.98. The quantitative estimate of drug-likeness (QED) is 0.860. The Balaban J connectivity index is 2.31. The number of anilines is 2. The van der Waals surface area contributed by atoms with Crippen LogP contribution in [0.3, 0.4) is 0 Å². The molecule has 0 radical (unpaired) electrons. The van der Waals surface area contributed by atoms with Gasteiger partial charge < -0.3 is 5.32 Å². The number of aromatic nitrogens is 2. The number of halogens is 1. The maximum Gasteiger partial charge on any atom is 0.147 e. The molecule has 4 heteroatoms. The van der Waals surface area contributed by atoms with Crippen molar-refractivity contribution >= 4 is 34.1 Å². The van der Waals surface area contributed by atoms with Gasteiger partial charge >= 0.3 is 0 Å². The highest BCUT2D eigenvalue weighted by molar-refractivity contribution is 14.1. The summed E-state index contributed by atoms with van der Waals surface area (Å²) in [7, 11) is 0. The highest BCUT2D eigenvalue weighted by atomic mass is 127. The predicted octanol–water partition coefficient (Wildman–Crippen LogP) is 3.44. The summed E-state index contributed by atoms with van der Waals surface area (Å²) in [6, 6.07) is 6.31. The number of hydrogen-bond acceptors (Lipinski definition) is 3. The molecule has 1 N–H and O–H groups in total. The standard InChI is InChI=1S/C12H12IN3/c1-8-3-4-11(9(2)5-8)16-12-10(13)6-14-7-15-12/h3-7H,1-2H3,(H,14,15,16). The van der Waals surface area contributed by atoms with Crippen molar-refractivity contribution in [3.8, 4) is 0 Å². The zero-order valence-corrected chi connectivity index (χ0v) is 11.3. The van der Waals surface area contributed by atoms with E-state index in [4.69, 9.17) is 0 Å². The van der Waals surface area contributed by atoms with Gasteiger partial charge in [-0.1, -0.05) is 17.7 Å². The second kappa shape index (κ2) is 4.78. The van der Waals surface area contributed by atoms with E-state index in [1.165, 1.54) is 11.1 Å². The molecule has 0 saturated heterocycles. The SMILES string of the molecule is Cc1ccc(Nc2ncncc2I)c(C)c1. The molecule has 16 heavy (non-hydrogen) atoms. The monoisotopic (exact) mass is 325 g/mol. The molecule has 1 aromatic heterocycles. The molecule has 0 fully saturated rings. The molecule has 0 aliphatic rings. The summed E-state index contributed by atoms with van der Waals surface area (Å²) in [5.41, 5.74) is 3.57. The zero-order valence-electron chi connectivity index (χ0n) is 9.16. The third-order valence-corrected chi connectivity index (χ3v) is 3.09. The van der Waals surface area contributed by atoms with Gasteiger partial charge in [0, 0.05) is 11.9 Å². The second-order valence-corrected chi connectivity index (χ2v) is 4.82. The van der Waals surface area contributed by atoms with Gasteiger partial charge in [-0.3, -0.25) is 0 Å². The van der Waals surface area contributed by atoms with E-state index < -0.39 is 0 Å². The molecule has 0 spiro atoms. The van der Waals surface area contributed by atoms with E-state index in [0.717, 1.165) is 15.1 Å². The number of benzene rings is 1. The lowest BCUT2D eigenvalue weighted by Gasteiger charge is -2.10. The van der Waals surface area contributed by atoms with Crippen LogP contribution in [-0.2, 0) is 0 Å². The van der Waals surface area contributed by atoms with Gasteiger partial charge in [-0.2, -0.15) is 0 Å². The minimum Gasteiger partial charge on any atom is -0.339 e. The van der Waals surface area contributed by atoms with Crippen molar-refractivity contribution in [3.05, 3.63) is 45.4 Å². The molecule has 1 aromatic carbocycles. The minimum absolute atomic E-state index is 0.850. The minimum atomic E-state index is 0.850. The van der Waals surface area contributed by atoms with Crippen LogP contribution in [0.5, 0.6) is 0 Å². The van der Waals surface area contributed by atoms with Crippen LogP contribution < -0.4 is 5.32 Å². The molecule has 0 unspecified atom stereocenters. The van der Waals surface area contributed by atoms with E-state index in [1.807, 2.05) is 0 Å². The van der Waals surface area contributed by atoms with E-state index in [9.17, 15) is 0 Å². The molecule has 0 bridgehead atoms. The fourth-order valence-electron chi connectivity index (χ4n) is 1.49. The number of nitrogens with one attached hydrogen (secondary N) is 1. The zero-order chi connectivity index (χ0) is 11.5. The first-order chi connectivity index (χ1) is 7.66. The molecule has 0 atom stereocenters. The van der Waals surface area contributed by atoms with E-state index in [0.29, 0.717) is 0 Å². The topological polar surface area (TPSA) is 37.8 Å². The summed E-state index contributed by atoms with van der Waals surface area (Å²) in [5.74, 6) is 0.850. The first-order valence-electron chi connectivity index (χ1n) is 4.96. The van der Waals surface area contributed by atoms with Crippen molar-refractivity contribution in [3.63, 3.8) is 0 Å². The summed E-state index contributed by atoms with van der Waals surface area (Å²) in [6.45, 7) is 4.18. The van der Waals surface area contributed by atoms with E-state index in [-0.39, 0.29) is 0 Å². The highest BCUT2D eigenvalue weighted by Gasteiger charge is 2.03. The summed E-state index contributed by atoms with van der Waals surface area (Å²) in [5, 5.41) is 3.31. The normalized spacial score (nSPS) is 10.2. The molecule has 82 valence electrons. The molecule has 0 saturated carbocycles. The third kappa shape index (κ3) is 2.49. The summed E-state index contributed by atoms with van der Waals surface area (Å²) in [6.07, 6.45) is 3.34. The fourth-order valence-corrected chi connectivity index (χ4v) is 1.92. The maximum absolute atomic E-state index is 4.21. The Morgan fingerprint density at radius 2 is 2.06 bits per heavy atom. The van der Waals surface area contributed by atoms with Crippen LogP contribution in [0.1, 0.15) is 11.1 Å². The van der Waals surface area contributed by atoms with Gasteiger partial charge in [0.2, 0.25) is 0 Å². The lowest BCUT2D eigenvalue weighted by atomic mass is 10.1. The van der Waals surface area contributed by atoms with E-state index in [2.05, 4.69) is 69.9 Å². The van der Waals surface area contributed by atoms with Gasteiger partial charge in [0.05, 0.1) is 3.57 Å². The molecular formula is C12H12IN3. The van der Waals surface area contributed by atoms with Gasteiger partial charge in [-0.15, -0.1) is 0 Å². The Bertz CT molecular complexity index is 511. The maximum atomic E-state index is 4.21. The fraction of sp³-hybridized carbons (Fsp3) is 0.167. The molecule has 1 heterocycles. The number of aryl methyl sites for hydroxylation is 2. The number of rotatable bonds is 2. The smallest absolute Gasteiger partial charge is 0.147 e. The van der Waals surface area contributed by atoms with Crippen LogP contribution in [0.25, 0.3) is 0 Å². The van der Waals surface area contributed by atoms with Crippen LogP contribution in [0.4, 0.5) is 11.5 Å². The largest absolute Gasteiger partial charge is 0.339 e. The average molecular weight is 325 g/mol. The Hall–Kier alpha value is -1.17. The second-order valence-electron chi connectivity index (χ2n) is 3.66. The van der Waals surface area contributed by atoms with E-state index >= 15 is 0 Å². The molecule has 0 aliphatic heterocycles. The van der Waals surface area contributed by atoms with Crippen LogP contribution in [0.15, 0.2) is 30.7 Å². The molecule has 3 nitrogen and oxygen atoms in total. The Morgan fingerprint density at radius 1 is 1.25 bits per heavy atom. The molecule has 0 aliphatic carbocycles. The van der Waals surface area contributed by atoms with Crippen molar-refractivity contribution in [1.82, 2.24) is 9.97 Å². The van der Waals surface area contributed by atoms with Crippen molar-refractivity contribution < 1.29 is 0 Å². The Labute approximate surface area is 108 Å². The first-order valence-corrected chi connectivity index (χ1v) is 6.04. The third-order valence-electron chi connectivity index (χ3n) is 2.30. The lowest BCUT2D eigenvalue weighted by molar-refractivity contribution is 1.15. The van der Waals surface area contributed by atoms with Gasteiger partial charge in [0.25, 0.3) is 0 Å². The van der Waals surface area contributed by atoms with Crippen LogP contribution in [0, 0.1) is 17.4 Å². The van der Waals surface area contributed by atoms with Gasteiger partial charge in [0.15, 0.2) is 0 Å². The number of nitrogens with zero attached hydrogens (tertiary/aromatic N) is 2. The molecule has 2 aromatic rings. The van der Waals surface area contributed by atoms with Crippen LogP contribution in [0.2, 0.25) is 0 Å². The summed E-state index contributed by atoms with van der Waals surface area (Å²) in [4.78, 5) is 8.17. The Kier molecular flexibility index (Phi) is 3.38. The van der Waals surface area contributed by atoms with Gasteiger partial charge in [-0.05, 0) is 48.1 Å². The molecule has 2 rings (SSSR count). The first kappa shape index (κ1) is 11.3. The van der Waals surface area contributed by atoms with Gasteiger partial charge in [-0.25, -0.2) is 9.97 Å². The predicted molar refractivity (Wildman–Crippen MR) is 73.9 cm³/mol. The summed E-state index contributed by atoms with van der Waals surface area (Å²) >= 11 is 2.22.